The Morgan fingerprint density at radius 2 is 2.25 bits per heavy atom. The molecule has 6 heteroatoms. The van der Waals surface area contributed by atoms with Gasteiger partial charge in [-0.15, -0.1) is 0 Å². The molecule has 82 valence electrons. The number of aliphatic carboxylic acids is 1. The maximum atomic E-state index is 11.5. The molecule has 6 nitrogen and oxygen atoms in total. The van der Waals surface area contributed by atoms with Crippen LogP contribution >= 0.6 is 0 Å². The van der Waals surface area contributed by atoms with Gasteiger partial charge in [-0.05, 0) is 12.1 Å². The van der Waals surface area contributed by atoms with Gasteiger partial charge in [0.05, 0.1) is 0 Å². The van der Waals surface area contributed by atoms with Gasteiger partial charge >= 0.3 is 5.97 Å². The number of pyridine rings is 1. The van der Waals surface area contributed by atoms with E-state index in [1.54, 1.807) is 28.9 Å². The zero-order valence-corrected chi connectivity index (χ0v) is 8.25. The second kappa shape index (κ2) is 4.01. The third-order valence-corrected chi connectivity index (χ3v) is 2.00. The van der Waals surface area contributed by atoms with Crippen LogP contribution in [0.3, 0.4) is 0 Å². The molecule has 0 aliphatic rings. The van der Waals surface area contributed by atoms with Crippen LogP contribution in [0, 0.1) is 0 Å². The van der Waals surface area contributed by atoms with Gasteiger partial charge in [-0.25, -0.2) is 4.98 Å². The topological polar surface area (TPSA) is 83.7 Å². The minimum absolute atomic E-state index is 0.201. The highest BCUT2D eigenvalue weighted by Crippen LogP contribution is 2.03. The largest absolute Gasteiger partial charge is 0.480 e. The first kappa shape index (κ1) is 10.2. The molecular formula is C10H9N3O3. The molecule has 0 saturated heterocycles. The highest BCUT2D eigenvalue weighted by atomic mass is 16.4. The monoisotopic (exact) mass is 219 g/mol. The van der Waals surface area contributed by atoms with Gasteiger partial charge in [0.1, 0.15) is 17.9 Å². The summed E-state index contributed by atoms with van der Waals surface area (Å²) in [6.07, 6.45) is 3.31. The summed E-state index contributed by atoms with van der Waals surface area (Å²) in [6.45, 7) is -0.410. The minimum atomic E-state index is -1.09. The molecule has 2 heterocycles. The second-order valence-corrected chi connectivity index (χ2v) is 3.17. The molecule has 0 bridgehead atoms. The van der Waals surface area contributed by atoms with E-state index in [2.05, 4.69) is 10.3 Å². The number of nitrogens with one attached hydrogen (secondary N) is 1. The van der Waals surface area contributed by atoms with Crippen molar-refractivity contribution >= 4 is 17.5 Å². The summed E-state index contributed by atoms with van der Waals surface area (Å²) in [5.41, 5.74) is 0.843. The van der Waals surface area contributed by atoms with Crippen molar-refractivity contribution in [3.05, 3.63) is 36.3 Å². The molecule has 0 unspecified atom stereocenters. The summed E-state index contributed by atoms with van der Waals surface area (Å²) in [4.78, 5) is 25.8. The third kappa shape index (κ3) is 2.00. The van der Waals surface area contributed by atoms with E-state index >= 15 is 0 Å². The fourth-order valence-electron chi connectivity index (χ4n) is 1.29. The summed E-state index contributed by atoms with van der Waals surface area (Å²) in [7, 11) is 0. The first-order valence-electron chi connectivity index (χ1n) is 4.60. The van der Waals surface area contributed by atoms with Gasteiger partial charge in [0.2, 0.25) is 0 Å². The Labute approximate surface area is 90.5 Å². The van der Waals surface area contributed by atoms with Crippen LogP contribution in [-0.4, -0.2) is 32.9 Å². The van der Waals surface area contributed by atoms with Gasteiger partial charge in [0.25, 0.3) is 5.91 Å². The van der Waals surface area contributed by atoms with E-state index in [0.29, 0.717) is 5.65 Å². The molecule has 16 heavy (non-hydrogen) atoms. The van der Waals surface area contributed by atoms with Gasteiger partial charge in [-0.1, -0.05) is 6.07 Å². The lowest BCUT2D eigenvalue weighted by Gasteiger charge is -1.96. The average Bonchev–Trinajstić information content (AvgIpc) is 2.69. The quantitative estimate of drug-likeness (QED) is 0.769. The molecule has 0 radical (unpaired) electrons. The van der Waals surface area contributed by atoms with Crippen LogP contribution in [0.4, 0.5) is 0 Å². The predicted octanol–water partition coefficient (Wildman–Crippen LogP) is 0.149. The van der Waals surface area contributed by atoms with Gasteiger partial charge in [-0.2, -0.15) is 0 Å². The van der Waals surface area contributed by atoms with Crippen molar-refractivity contribution in [3.8, 4) is 0 Å². The first-order valence-corrected chi connectivity index (χ1v) is 4.60. The van der Waals surface area contributed by atoms with E-state index in [1.807, 2.05) is 6.07 Å². The van der Waals surface area contributed by atoms with E-state index < -0.39 is 18.4 Å². The number of rotatable bonds is 3. The molecule has 2 rings (SSSR count). The van der Waals surface area contributed by atoms with Gasteiger partial charge < -0.3 is 14.8 Å². The van der Waals surface area contributed by atoms with E-state index in [0.717, 1.165) is 0 Å². The number of amides is 1. The lowest BCUT2D eigenvalue weighted by molar-refractivity contribution is -0.135. The van der Waals surface area contributed by atoms with Crippen LogP contribution < -0.4 is 5.32 Å². The number of nitrogens with zero attached hydrogens (tertiary/aromatic N) is 2. The van der Waals surface area contributed by atoms with Gasteiger partial charge in [-0.3, -0.25) is 9.59 Å². The van der Waals surface area contributed by atoms with Crippen LogP contribution in [-0.2, 0) is 4.79 Å². The number of carboxylic acid groups (broad SMARTS) is 1. The van der Waals surface area contributed by atoms with Crippen LogP contribution in [0.25, 0.3) is 5.65 Å². The maximum Gasteiger partial charge on any atom is 0.322 e. The average molecular weight is 219 g/mol. The Hall–Kier alpha value is -2.37. The van der Waals surface area contributed by atoms with Gasteiger partial charge in [0, 0.05) is 12.4 Å². The highest BCUT2D eigenvalue weighted by Gasteiger charge is 2.10. The number of carbonyl (C=O) groups excluding carboxylic acids is 1. The van der Waals surface area contributed by atoms with E-state index in [4.69, 9.17) is 5.11 Å². The van der Waals surface area contributed by atoms with Crippen LogP contribution in [0.15, 0.2) is 30.6 Å². The summed E-state index contributed by atoms with van der Waals surface area (Å²) in [6, 6.07) is 5.38. The van der Waals surface area contributed by atoms with Crippen molar-refractivity contribution < 1.29 is 14.7 Å². The SMILES string of the molecule is O=C(O)CNC(=O)c1cn2ccccc2n1. The highest BCUT2D eigenvalue weighted by molar-refractivity contribution is 5.94. The number of carboxylic acids is 1. The second-order valence-electron chi connectivity index (χ2n) is 3.17. The lowest BCUT2D eigenvalue weighted by atomic mass is 10.4. The normalized spacial score (nSPS) is 10.2. The van der Waals surface area contributed by atoms with E-state index in [-0.39, 0.29) is 5.69 Å². The molecule has 2 N–H and O–H groups in total. The standard InChI is InChI=1S/C10H9N3O3/c14-9(15)5-11-10(16)7-6-13-4-2-1-3-8(13)12-7/h1-4,6H,5H2,(H,11,16)(H,14,15). The van der Waals surface area contributed by atoms with Crippen molar-refractivity contribution in [2.24, 2.45) is 0 Å². The molecule has 0 atom stereocenters. The van der Waals surface area contributed by atoms with E-state index in [1.165, 1.54) is 0 Å². The van der Waals surface area contributed by atoms with Crippen molar-refractivity contribution in [2.45, 2.75) is 0 Å². The number of carbonyl (C=O) groups is 2. The number of hydrogen-bond acceptors (Lipinski definition) is 3. The first-order chi connectivity index (χ1) is 7.66. The Balaban J connectivity index is 2.20. The Bertz CT molecular complexity index is 514. The van der Waals surface area contributed by atoms with Crippen LogP contribution in [0.2, 0.25) is 0 Å². The molecule has 0 fully saturated rings. The Kier molecular flexibility index (Phi) is 2.55. The molecule has 2 aromatic rings. The smallest absolute Gasteiger partial charge is 0.322 e. The molecule has 0 saturated carbocycles. The van der Waals surface area contributed by atoms with Crippen molar-refractivity contribution in [3.63, 3.8) is 0 Å². The van der Waals surface area contributed by atoms with Crippen molar-refractivity contribution in [2.75, 3.05) is 6.54 Å². The number of fused-ring (bicyclic) bond motifs is 1. The third-order valence-electron chi connectivity index (χ3n) is 2.00. The Morgan fingerprint density at radius 3 is 2.94 bits per heavy atom. The van der Waals surface area contributed by atoms with Crippen molar-refractivity contribution in [1.29, 1.82) is 0 Å². The lowest BCUT2D eigenvalue weighted by Crippen LogP contribution is -2.29. The number of aromatic nitrogens is 2. The van der Waals surface area contributed by atoms with Crippen molar-refractivity contribution in [1.82, 2.24) is 14.7 Å². The van der Waals surface area contributed by atoms with Crippen LogP contribution in [0.5, 0.6) is 0 Å². The summed E-state index contributed by atoms with van der Waals surface area (Å²) < 4.78 is 1.69. The number of hydrogen-bond donors (Lipinski definition) is 2. The van der Waals surface area contributed by atoms with E-state index in [9.17, 15) is 9.59 Å². The minimum Gasteiger partial charge on any atom is -0.480 e. The molecule has 0 spiro atoms. The fourth-order valence-corrected chi connectivity index (χ4v) is 1.29. The summed E-state index contributed by atoms with van der Waals surface area (Å²) in [5.74, 6) is -1.58. The zero-order valence-electron chi connectivity index (χ0n) is 8.25. The zero-order chi connectivity index (χ0) is 11.5. The molecule has 1 amide bonds. The molecular weight excluding hydrogens is 210 g/mol. The molecule has 2 aromatic heterocycles. The molecule has 0 aliphatic carbocycles. The maximum absolute atomic E-state index is 11.5. The Morgan fingerprint density at radius 1 is 1.44 bits per heavy atom. The summed E-state index contributed by atoms with van der Waals surface area (Å²) >= 11 is 0. The van der Waals surface area contributed by atoms with Gasteiger partial charge in [0.15, 0.2) is 0 Å². The molecule has 0 aliphatic heterocycles. The molecule has 0 aromatic carbocycles. The number of imidazole rings is 1. The van der Waals surface area contributed by atoms with Crippen LogP contribution in [0.1, 0.15) is 10.5 Å². The fraction of sp³-hybridized carbons (Fsp3) is 0.100. The predicted molar refractivity (Wildman–Crippen MR) is 55.2 cm³/mol. The summed E-state index contributed by atoms with van der Waals surface area (Å²) in [5, 5.41) is 10.7.